The smallest absolute Gasteiger partial charge is 0.306 e. The molecule has 0 bridgehead atoms. The number of hydrogen-bond acceptors (Lipinski definition) is 1. The Balaban J connectivity index is 2.14. The molecular weight excluding hydrogens is 260 g/mol. The summed E-state index contributed by atoms with van der Waals surface area (Å²) in [7, 11) is 4.13. The highest BCUT2D eigenvalue weighted by Crippen LogP contribution is 2.31. The molecule has 0 amide bonds. The van der Waals surface area contributed by atoms with Crippen LogP contribution >= 0.6 is 0 Å². The molecule has 104 valence electrons. The van der Waals surface area contributed by atoms with Gasteiger partial charge in [0.05, 0.1) is 5.69 Å². The van der Waals surface area contributed by atoms with Gasteiger partial charge in [0.15, 0.2) is 0 Å². The predicted molar refractivity (Wildman–Crippen MR) is 83.5 cm³/mol. The average molecular weight is 277 g/mol. The summed E-state index contributed by atoms with van der Waals surface area (Å²) >= 11 is 0. The first-order valence-electron chi connectivity index (χ1n) is 7.03. The zero-order valence-corrected chi connectivity index (χ0v) is 12.4. The second-order valence-corrected chi connectivity index (χ2v) is 5.53. The van der Waals surface area contributed by atoms with Crippen LogP contribution in [0.4, 0.5) is 0 Å². The Kier molecular flexibility index (Phi) is 2.42. The second-order valence-electron chi connectivity index (χ2n) is 5.53. The molecule has 0 radical (unpaired) electrons. The highest BCUT2D eigenvalue weighted by molar-refractivity contribution is 6.08. The molecule has 0 saturated carbocycles. The number of aromatic nitrogens is 4. The third-order valence-electron chi connectivity index (χ3n) is 4.23. The molecule has 4 rings (SSSR count). The van der Waals surface area contributed by atoms with E-state index in [4.69, 9.17) is 0 Å². The first-order chi connectivity index (χ1) is 10.2. The molecule has 0 spiro atoms. The molecule has 4 aromatic rings. The van der Waals surface area contributed by atoms with E-state index in [1.165, 1.54) is 33.1 Å². The monoisotopic (exact) mass is 277 g/mol. The van der Waals surface area contributed by atoms with Gasteiger partial charge in [-0.2, -0.15) is 4.68 Å². The zero-order chi connectivity index (χ0) is 14.6. The molecule has 2 aromatic carbocycles. The zero-order valence-electron chi connectivity index (χ0n) is 12.4. The molecule has 4 heteroatoms. The van der Waals surface area contributed by atoms with Gasteiger partial charge in [0.1, 0.15) is 7.05 Å². The minimum absolute atomic E-state index is 1.17. The van der Waals surface area contributed by atoms with E-state index in [0.717, 1.165) is 0 Å². The summed E-state index contributed by atoms with van der Waals surface area (Å²) in [6.45, 7) is 2.15. The fourth-order valence-corrected chi connectivity index (χ4v) is 3.10. The Bertz CT molecular complexity index is 975. The van der Waals surface area contributed by atoms with E-state index in [9.17, 15) is 0 Å². The van der Waals surface area contributed by atoms with E-state index in [1.807, 2.05) is 24.4 Å². The molecule has 0 aliphatic heterocycles. The maximum atomic E-state index is 4.21. The van der Waals surface area contributed by atoms with Crippen LogP contribution < -0.4 is 4.68 Å². The highest BCUT2D eigenvalue weighted by Gasteiger charge is 2.14. The van der Waals surface area contributed by atoms with Gasteiger partial charge in [-0.15, -0.1) is 4.68 Å². The van der Waals surface area contributed by atoms with Gasteiger partial charge in [-0.25, -0.2) is 0 Å². The van der Waals surface area contributed by atoms with Crippen molar-refractivity contribution >= 4 is 21.8 Å². The maximum Gasteiger partial charge on any atom is 0.306 e. The molecule has 0 unspecified atom stereocenters. The number of hydrogen-bond donors (Lipinski definition) is 0. The van der Waals surface area contributed by atoms with E-state index in [-0.39, 0.29) is 0 Å². The van der Waals surface area contributed by atoms with Crippen molar-refractivity contribution < 1.29 is 4.68 Å². The Morgan fingerprint density at radius 3 is 2.62 bits per heavy atom. The van der Waals surface area contributed by atoms with Gasteiger partial charge in [-0.1, -0.05) is 18.2 Å². The summed E-state index contributed by atoms with van der Waals surface area (Å²) < 4.78 is 6.31. The standard InChI is InChI=1S/C17H17N4/c1-12-8-17-14(9-16(12)21-11-18-10-19(21)2)13-6-4-5-7-15(13)20(17)3/h4-11H,1-3H3/q+1. The average Bonchev–Trinajstić information content (AvgIpc) is 3.02. The Morgan fingerprint density at radius 1 is 1.05 bits per heavy atom. The molecule has 0 N–H and O–H groups in total. The number of fused-ring (bicyclic) bond motifs is 3. The number of rotatable bonds is 1. The van der Waals surface area contributed by atoms with Crippen LogP contribution in [0.2, 0.25) is 0 Å². The van der Waals surface area contributed by atoms with Gasteiger partial charge < -0.3 is 4.57 Å². The number of aryl methyl sites for hydroxylation is 3. The Morgan fingerprint density at radius 2 is 1.86 bits per heavy atom. The van der Waals surface area contributed by atoms with E-state index >= 15 is 0 Å². The summed E-state index contributed by atoms with van der Waals surface area (Å²) in [5, 5.41) is 2.57. The minimum Gasteiger partial charge on any atom is -0.344 e. The molecule has 0 aliphatic rings. The fourth-order valence-electron chi connectivity index (χ4n) is 3.10. The molecule has 21 heavy (non-hydrogen) atoms. The van der Waals surface area contributed by atoms with Crippen molar-refractivity contribution in [3.63, 3.8) is 0 Å². The van der Waals surface area contributed by atoms with Crippen LogP contribution in [-0.4, -0.2) is 14.2 Å². The summed E-state index contributed by atoms with van der Waals surface area (Å²) in [5.41, 5.74) is 4.93. The lowest BCUT2D eigenvalue weighted by Gasteiger charge is -2.07. The van der Waals surface area contributed by atoms with Crippen molar-refractivity contribution in [3.05, 3.63) is 54.6 Å². The van der Waals surface area contributed by atoms with Crippen LogP contribution in [0.25, 0.3) is 27.5 Å². The molecule has 2 aromatic heterocycles. The minimum atomic E-state index is 1.17. The highest BCUT2D eigenvalue weighted by atomic mass is 15.4. The van der Waals surface area contributed by atoms with Crippen molar-refractivity contribution in [1.29, 1.82) is 0 Å². The third kappa shape index (κ3) is 1.62. The summed E-state index contributed by atoms with van der Waals surface area (Å²) in [4.78, 5) is 4.21. The quantitative estimate of drug-likeness (QED) is 0.491. The second kappa shape index (κ2) is 4.19. The van der Waals surface area contributed by atoms with Crippen LogP contribution in [0.5, 0.6) is 0 Å². The summed E-state index contributed by atoms with van der Waals surface area (Å²) in [6.07, 6.45) is 3.66. The summed E-state index contributed by atoms with van der Waals surface area (Å²) in [6, 6.07) is 13.1. The van der Waals surface area contributed by atoms with Gasteiger partial charge in [0.2, 0.25) is 6.33 Å². The van der Waals surface area contributed by atoms with E-state index in [2.05, 4.69) is 64.6 Å². The van der Waals surface area contributed by atoms with Gasteiger partial charge in [-0.05, 0) is 35.7 Å². The van der Waals surface area contributed by atoms with Crippen LogP contribution in [-0.2, 0) is 14.1 Å². The fraction of sp³-hybridized carbons (Fsp3) is 0.176. The third-order valence-corrected chi connectivity index (χ3v) is 4.23. The van der Waals surface area contributed by atoms with Crippen LogP contribution in [0.1, 0.15) is 5.56 Å². The van der Waals surface area contributed by atoms with Gasteiger partial charge in [0.25, 0.3) is 0 Å². The molecule has 0 saturated heterocycles. The van der Waals surface area contributed by atoms with Crippen molar-refractivity contribution in [2.75, 3.05) is 0 Å². The van der Waals surface area contributed by atoms with Crippen molar-refractivity contribution in [3.8, 4) is 5.69 Å². The van der Waals surface area contributed by atoms with Crippen molar-refractivity contribution in [1.82, 2.24) is 14.2 Å². The molecular formula is C17H17N4+. The lowest BCUT2D eigenvalue weighted by atomic mass is 10.1. The molecule has 0 aliphatic carbocycles. The predicted octanol–water partition coefficient (Wildman–Crippen LogP) is 2.65. The van der Waals surface area contributed by atoms with Crippen LogP contribution in [0.3, 0.4) is 0 Å². The topological polar surface area (TPSA) is 26.6 Å². The Labute approximate surface area is 122 Å². The summed E-state index contributed by atoms with van der Waals surface area (Å²) in [5.74, 6) is 0. The van der Waals surface area contributed by atoms with Crippen LogP contribution in [0.15, 0.2) is 49.1 Å². The number of benzene rings is 2. The van der Waals surface area contributed by atoms with Crippen molar-refractivity contribution in [2.45, 2.75) is 6.92 Å². The maximum absolute atomic E-state index is 4.21. The van der Waals surface area contributed by atoms with Gasteiger partial charge in [-0.3, -0.25) is 0 Å². The molecule has 2 heterocycles. The van der Waals surface area contributed by atoms with Crippen LogP contribution in [0, 0.1) is 6.92 Å². The number of nitrogens with zero attached hydrogens (tertiary/aromatic N) is 4. The van der Waals surface area contributed by atoms with E-state index < -0.39 is 0 Å². The first-order valence-corrected chi connectivity index (χ1v) is 7.03. The molecule has 4 nitrogen and oxygen atoms in total. The van der Waals surface area contributed by atoms with Crippen molar-refractivity contribution in [2.24, 2.45) is 14.1 Å². The normalized spacial score (nSPS) is 11.6. The first kappa shape index (κ1) is 12.1. The number of para-hydroxylation sites is 1. The van der Waals surface area contributed by atoms with E-state index in [0.29, 0.717) is 0 Å². The SMILES string of the molecule is Cc1cc2c(cc1-n1cnc[n+]1C)c1ccccc1n2C. The molecule has 0 fully saturated rings. The molecule has 0 atom stereocenters. The largest absolute Gasteiger partial charge is 0.344 e. The van der Waals surface area contributed by atoms with Gasteiger partial charge >= 0.3 is 6.33 Å². The lowest BCUT2D eigenvalue weighted by molar-refractivity contribution is -0.745. The lowest BCUT2D eigenvalue weighted by Crippen LogP contribution is -2.37. The van der Waals surface area contributed by atoms with Gasteiger partial charge in [0, 0.05) is 28.9 Å². The van der Waals surface area contributed by atoms with E-state index in [1.54, 1.807) is 0 Å². The Hall–Kier alpha value is -2.62.